The zero-order chi connectivity index (χ0) is 14.4. The van der Waals surface area contributed by atoms with Crippen LogP contribution < -0.4 is 5.56 Å². The summed E-state index contributed by atoms with van der Waals surface area (Å²) in [4.78, 5) is 19.5. The van der Waals surface area contributed by atoms with Crippen LogP contribution in [0.3, 0.4) is 0 Å². The van der Waals surface area contributed by atoms with E-state index >= 15 is 0 Å². The van der Waals surface area contributed by atoms with Gasteiger partial charge in [0, 0.05) is 4.88 Å². The second kappa shape index (κ2) is 4.81. The van der Waals surface area contributed by atoms with Gasteiger partial charge in [-0.15, -0.1) is 11.3 Å². The third-order valence-corrected chi connectivity index (χ3v) is 5.37. The first-order chi connectivity index (χ1) is 10.2. The first kappa shape index (κ1) is 12.8. The summed E-state index contributed by atoms with van der Waals surface area (Å²) in [6, 6.07) is 8.30. The Balaban J connectivity index is 1.81. The molecule has 0 bridgehead atoms. The Morgan fingerprint density at radius 1 is 1.24 bits per heavy atom. The van der Waals surface area contributed by atoms with E-state index in [1.165, 1.54) is 22.4 Å². The Morgan fingerprint density at radius 2 is 2.05 bits per heavy atom. The Kier molecular flexibility index (Phi) is 2.93. The van der Waals surface area contributed by atoms with Crippen LogP contribution in [0.5, 0.6) is 0 Å². The molecule has 0 atom stereocenters. The molecule has 0 amide bonds. The summed E-state index contributed by atoms with van der Waals surface area (Å²) in [5, 5.41) is 0.863. The molecule has 0 spiro atoms. The predicted octanol–water partition coefficient (Wildman–Crippen LogP) is 3.30. The van der Waals surface area contributed by atoms with Gasteiger partial charge in [0.2, 0.25) is 0 Å². The smallest absolute Gasteiger partial charge is 0.262 e. The minimum Gasteiger partial charge on any atom is -0.294 e. The summed E-state index contributed by atoms with van der Waals surface area (Å²) in [5.41, 5.74) is 3.73. The molecule has 3 nitrogen and oxygen atoms in total. The van der Waals surface area contributed by atoms with E-state index in [2.05, 4.69) is 36.2 Å². The van der Waals surface area contributed by atoms with E-state index in [9.17, 15) is 4.79 Å². The van der Waals surface area contributed by atoms with Crippen LogP contribution in [-0.4, -0.2) is 9.55 Å². The fourth-order valence-corrected chi connectivity index (χ4v) is 4.24. The molecule has 1 aliphatic rings. The third kappa shape index (κ3) is 2.10. The van der Waals surface area contributed by atoms with Crippen molar-refractivity contribution in [3.8, 4) is 0 Å². The summed E-state index contributed by atoms with van der Waals surface area (Å²) >= 11 is 1.69. The van der Waals surface area contributed by atoms with Crippen LogP contribution in [-0.2, 0) is 19.4 Å². The molecule has 0 aliphatic heterocycles. The molecule has 0 N–H and O–H groups in total. The molecule has 3 aromatic rings. The first-order valence-electron chi connectivity index (χ1n) is 7.27. The van der Waals surface area contributed by atoms with Crippen molar-refractivity contribution in [3.05, 3.63) is 62.5 Å². The topological polar surface area (TPSA) is 34.9 Å². The minimum atomic E-state index is 0.111. The van der Waals surface area contributed by atoms with Crippen molar-refractivity contribution in [1.82, 2.24) is 9.55 Å². The van der Waals surface area contributed by atoms with Gasteiger partial charge in [-0.2, -0.15) is 0 Å². The SMILES string of the molecule is Cc1ccc(Cn2cnc3sc4c(c3c2=O)CCC4)cc1. The Morgan fingerprint density at radius 3 is 2.86 bits per heavy atom. The zero-order valence-electron chi connectivity index (χ0n) is 11.9. The lowest BCUT2D eigenvalue weighted by molar-refractivity contribution is 0.748. The quantitative estimate of drug-likeness (QED) is 0.727. The van der Waals surface area contributed by atoms with E-state index in [-0.39, 0.29) is 5.56 Å². The molecule has 0 unspecified atom stereocenters. The average Bonchev–Trinajstić information content (AvgIpc) is 3.04. The van der Waals surface area contributed by atoms with E-state index < -0.39 is 0 Å². The fraction of sp³-hybridized carbons (Fsp3) is 0.294. The molecule has 2 heterocycles. The van der Waals surface area contributed by atoms with Crippen LogP contribution in [0.15, 0.2) is 35.4 Å². The zero-order valence-corrected chi connectivity index (χ0v) is 12.7. The summed E-state index contributed by atoms with van der Waals surface area (Å²) in [6.45, 7) is 2.66. The van der Waals surface area contributed by atoms with E-state index in [4.69, 9.17) is 0 Å². The minimum absolute atomic E-state index is 0.111. The number of aromatic nitrogens is 2. The number of hydrogen-bond donors (Lipinski definition) is 0. The lowest BCUT2D eigenvalue weighted by Gasteiger charge is -2.06. The largest absolute Gasteiger partial charge is 0.294 e. The molecule has 0 radical (unpaired) electrons. The summed E-state index contributed by atoms with van der Waals surface area (Å²) in [7, 11) is 0. The summed E-state index contributed by atoms with van der Waals surface area (Å²) < 4.78 is 1.73. The second-order valence-corrected chi connectivity index (χ2v) is 6.78. The molecular weight excluding hydrogens is 280 g/mol. The third-order valence-electron chi connectivity index (χ3n) is 4.17. The van der Waals surface area contributed by atoms with Crippen molar-refractivity contribution in [1.29, 1.82) is 0 Å². The first-order valence-corrected chi connectivity index (χ1v) is 8.09. The standard InChI is InChI=1S/C17H16N2OS/c1-11-5-7-12(8-6-11)9-19-10-18-16-15(17(19)20)13-3-2-4-14(13)21-16/h5-8,10H,2-4,9H2,1H3. The fourth-order valence-electron chi connectivity index (χ4n) is 3.02. The number of thiophene rings is 1. The van der Waals surface area contributed by atoms with Gasteiger partial charge in [-0.25, -0.2) is 4.98 Å². The number of benzene rings is 1. The average molecular weight is 296 g/mol. The van der Waals surface area contributed by atoms with Gasteiger partial charge in [0.25, 0.3) is 5.56 Å². The molecule has 0 saturated carbocycles. The number of nitrogens with zero attached hydrogens (tertiary/aromatic N) is 2. The highest BCUT2D eigenvalue weighted by Crippen LogP contribution is 2.34. The predicted molar refractivity (Wildman–Crippen MR) is 86.2 cm³/mol. The van der Waals surface area contributed by atoms with E-state index in [1.54, 1.807) is 22.2 Å². The maximum atomic E-state index is 12.8. The van der Waals surface area contributed by atoms with Gasteiger partial charge >= 0.3 is 0 Å². The highest BCUT2D eigenvalue weighted by atomic mass is 32.1. The van der Waals surface area contributed by atoms with Crippen LogP contribution in [0, 0.1) is 6.92 Å². The van der Waals surface area contributed by atoms with E-state index in [0.29, 0.717) is 6.54 Å². The Labute approximate surface area is 126 Å². The van der Waals surface area contributed by atoms with Crippen molar-refractivity contribution >= 4 is 21.6 Å². The van der Waals surface area contributed by atoms with E-state index in [1.807, 2.05) is 0 Å². The molecule has 1 aliphatic carbocycles. The monoisotopic (exact) mass is 296 g/mol. The maximum Gasteiger partial charge on any atom is 0.262 e. The van der Waals surface area contributed by atoms with Gasteiger partial charge < -0.3 is 0 Å². The molecule has 0 saturated heterocycles. The lowest BCUT2D eigenvalue weighted by Crippen LogP contribution is -2.21. The van der Waals surface area contributed by atoms with Gasteiger partial charge in [-0.1, -0.05) is 29.8 Å². The van der Waals surface area contributed by atoms with Gasteiger partial charge in [0.1, 0.15) is 4.83 Å². The molecule has 4 heteroatoms. The van der Waals surface area contributed by atoms with Crippen LogP contribution in [0.2, 0.25) is 0 Å². The highest BCUT2D eigenvalue weighted by Gasteiger charge is 2.21. The molecule has 2 aromatic heterocycles. The van der Waals surface area contributed by atoms with Crippen LogP contribution in [0.25, 0.3) is 10.2 Å². The van der Waals surface area contributed by atoms with Crippen LogP contribution >= 0.6 is 11.3 Å². The number of aryl methyl sites for hydroxylation is 3. The van der Waals surface area contributed by atoms with Crippen molar-refractivity contribution in [2.75, 3.05) is 0 Å². The van der Waals surface area contributed by atoms with Crippen molar-refractivity contribution in [2.24, 2.45) is 0 Å². The van der Waals surface area contributed by atoms with Gasteiger partial charge in [0.15, 0.2) is 0 Å². The molecule has 4 rings (SSSR count). The van der Waals surface area contributed by atoms with Gasteiger partial charge in [0.05, 0.1) is 18.3 Å². The summed E-state index contributed by atoms with van der Waals surface area (Å²) in [6.07, 6.45) is 4.99. The molecular formula is C17H16N2OS. The van der Waals surface area contributed by atoms with Crippen molar-refractivity contribution in [2.45, 2.75) is 32.7 Å². The highest BCUT2D eigenvalue weighted by molar-refractivity contribution is 7.18. The molecule has 106 valence electrons. The van der Waals surface area contributed by atoms with Crippen molar-refractivity contribution < 1.29 is 0 Å². The number of fused-ring (bicyclic) bond motifs is 3. The summed E-state index contributed by atoms with van der Waals surface area (Å²) in [5.74, 6) is 0. The number of rotatable bonds is 2. The normalized spacial score (nSPS) is 13.8. The van der Waals surface area contributed by atoms with Gasteiger partial charge in [-0.05, 0) is 37.3 Å². The molecule has 21 heavy (non-hydrogen) atoms. The van der Waals surface area contributed by atoms with Crippen molar-refractivity contribution in [3.63, 3.8) is 0 Å². The Bertz CT molecular complexity index is 874. The molecule has 1 aromatic carbocycles. The number of hydrogen-bond acceptors (Lipinski definition) is 3. The second-order valence-electron chi connectivity index (χ2n) is 5.70. The van der Waals surface area contributed by atoms with E-state index in [0.717, 1.165) is 28.6 Å². The van der Waals surface area contributed by atoms with Crippen LogP contribution in [0.4, 0.5) is 0 Å². The Hall–Kier alpha value is -1.94. The van der Waals surface area contributed by atoms with Gasteiger partial charge in [-0.3, -0.25) is 9.36 Å². The molecule has 0 fully saturated rings. The maximum absolute atomic E-state index is 12.8. The lowest BCUT2D eigenvalue weighted by atomic mass is 10.1. The van der Waals surface area contributed by atoms with Crippen LogP contribution in [0.1, 0.15) is 28.0 Å².